The van der Waals surface area contributed by atoms with Crippen LogP contribution in [-0.4, -0.2) is 43.2 Å². The zero-order chi connectivity index (χ0) is 20.1. The average Bonchev–Trinajstić information content (AvgIpc) is 3.21. The van der Waals surface area contributed by atoms with Gasteiger partial charge in [-0.3, -0.25) is 15.1 Å². The molecule has 3 rings (SSSR count). The van der Waals surface area contributed by atoms with E-state index in [-0.39, 0.29) is 11.3 Å². The monoisotopic (exact) mass is 399 g/mol. The zero-order valence-corrected chi connectivity index (χ0v) is 16.2. The summed E-state index contributed by atoms with van der Waals surface area (Å²) in [6, 6.07) is 8.31. The van der Waals surface area contributed by atoms with E-state index in [0.717, 1.165) is 5.56 Å². The van der Waals surface area contributed by atoms with Gasteiger partial charge in [0.05, 0.1) is 32.6 Å². The first-order valence-electron chi connectivity index (χ1n) is 8.09. The highest BCUT2D eigenvalue weighted by molar-refractivity contribution is 7.14. The minimum absolute atomic E-state index is 0.156. The number of pyridine rings is 1. The highest BCUT2D eigenvalue weighted by atomic mass is 32.1. The summed E-state index contributed by atoms with van der Waals surface area (Å²) < 4.78 is 15.2. The molecule has 1 aromatic carbocycles. The quantitative estimate of drug-likeness (QED) is 0.635. The Morgan fingerprint density at radius 2 is 1.89 bits per heavy atom. The number of nitrogens with zero attached hydrogens (tertiary/aromatic N) is 2. The van der Waals surface area contributed by atoms with Crippen molar-refractivity contribution < 1.29 is 23.8 Å². The maximum Gasteiger partial charge on any atom is 0.339 e. The van der Waals surface area contributed by atoms with Crippen LogP contribution in [-0.2, 0) is 4.74 Å². The second-order valence-corrected chi connectivity index (χ2v) is 6.34. The molecule has 0 saturated carbocycles. The van der Waals surface area contributed by atoms with Crippen molar-refractivity contribution in [3.05, 3.63) is 53.2 Å². The van der Waals surface area contributed by atoms with Crippen molar-refractivity contribution in [1.82, 2.24) is 9.97 Å². The molecule has 8 nitrogen and oxygen atoms in total. The van der Waals surface area contributed by atoms with Gasteiger partial charge in [0.15, 0.2) is 5.13 Å². The molecule has 0 fully saturated rings. The number of benzene rings is 1. The summed E-state index contributed by atoms with van der Waals surface area (Å²) in [4.78, 5) is 32.2. The standard InChI is InChI=1S/C19H17N3O5S/c1-25-12-5-7-16(26-2)13(8-12)15-10-28-19(21-15)22-17(23)14-6-4-11(9-20-14)18(24)27-3/h4-10H,1-3H3,(H,21,22,23). The van der Waals surface area contributed by atoms with E-state index in [9.17, 15) is 9.59 Å². The van der Waals surface area contributed by atoms with Crippen molar-refractivity contribution in [2.45, 2.75) is 0 Å². The van der Waals surface area contributed by atoms with Crippen LogP contribution in [0.1, 0.15) is 20.8 Å². The maximum atomic E-state index is 12.4. The lowest BCUT2D eigenvalue weighted by Crippen LogP contribution is -2.14. The SMILES string of the molecule is COC(=O)c1ccc(C(=O)Nc2nc(-c3cc(OC)ccc3OC)cs2)nc1. The van der Waals surface area contributed by atoms with Gasteiger partial charge < -0.3 is 14.2 Å². The molecule has 1 amide bonds. The van der Waals surface area contributed by atoms with E-state index in [4.69, 9.17) is 9.47 Å². The number of anilines is 1. The molecule has 0 unspecified atom stereocenters. The van der Waals surface area contributed by atoms with E-state index in [2.05, 4.69) is 20.0 Å². The first-order chi connectivity index (χ1) is 13.5. The minimum Gasteiger partial charge on any atom is -0.497 e. The van der Waals surface area contributed by atoms with Crippen molar-refractivity contribution in [2.75, 3.05) is 26.6 Å². The first kappa shape index (κ1) is 19.3. The van der Waals surface area contributed by atoms with E-state index in [1.165, 1.54) is 36.8 Å². The van der Waals surface area contributed by atoms with Gasteiger partial charge >= 0.3 is 5.97 Å². The molecule has 0 saturated heterocycles. The van der Waals surface area contributed by atoms with Gasteiger partial charge in [-0.1, -0.05) is 0 Å². The molecule has 0 aliphatic rings. The maximum absolute atomic E-state index is 12.4. The van der Waals surface area contributed by atoms with E-state index in [1.807, 2.05) is 6.07 Å². The summed E-state index contributed by atoms with van der Waals surface area (Å²) in [6.45, 7) is 0. The Morgan fingerprint density at radius 1 is 1.07 bits per heavy atom. The molecule has 3 aromatic rings. The number of thiazole rings is 1. The summed E-state index contributed by atoms with van der Waals surface area (Å²) in [5, 5.41) is 4.91. The number of nitrogens with one attached hydrogen (secondary N) is 1. The summed E-state index contributed by atoms with van der Waals surface area (Å²) >= 11 is 1.27. The van der Waals surface area contributed by atoms with Crippen molar-refractivity contribution in [3.8, 4) is 22.8 Å². The molecule has 1 N–H and O–H groups in total. The van der Waals surface area contributed by atoms with Gasteiger partial charge in [0.2, 0.25) is 0 Å². The lowest BCUT2D eigenvalue weighted by molar-refractivity contribution is 0.0600. The molecule has 28 heavy (non-hydrogen) atoms. The van der Waals surface area contributed by atoms with E-state index in [0.29, 0.717) is 22.3 Å². The molecule has 0 aliphatic carbocycles. The highest BCUT2D eigenvalue weighted by Gasteiger charge is 2.15. The van der Waals surface area contributed by atoms with Crippen LogP contribution < -0.4 is 14.8 Å². The average molecular weight is 399 g/mol. The predicted octanol–water partition coefficient (Wildman–Crippen LogP) is 3.26. The molecule has 0 radical (unpaired) electrons. The number of carbonyl (C=O) groups excluding carboxylic acids is 2. The molecule has 0 aliphatic heterocycles. The summed E-state index contributed by atoms with van der Waals surface area (Å²) in [7, 11) is 4.43. The van der Waals surface area contributed by atoms with Gasteiger partial charge in [-0.15, -0.1) is 11.3 Å². The Bertz CT molecular complexity index is 1000. The number of aromatic nitrogens is 2. The van der Waals surface area contributed by atoms with Crippen LogP contribution in [0.15, 0.2) is 41.9 Å². The fourth-order valence-corrected chi connectivity index (χ4v) is 3.10. The summed E-state index contributed by atoms with van der Waals surface area (Å²) in [5.41, 5.74) is 1.81. The van der Waals surface area contributed by atoms with Crippen molar-refractivity contribution in [2.24, 2.45) is 0 Å². The summed E-state index contributed by atoms with van der Waals surface area (Å²) in [5.74, 6) is 0.361. The number of esters is 1. The third kappa shape index (κ3) is 4.09. The molecule has 9 heteroatoms. The van der Waals surface area contributed by atoms with E-state index >= 15 is 0 Å². The Morgan fingerprint density at radius 3 is 2.54 bits per heavy atom. The fourth-order valence-electron chi connectivity index (χ4n) is 2.40. The van der Waals surface area contributed by atoms with Crippen LogP contribution in [0.3, 0.4) is 0 Å². The fraction of sp³-hybridized carbons (Fsp3) is 0.158. The topological polar surface area (TPSA) is 99.6 Å². The minimum atomic E-state index is -0.517. The van der Waals surface area contributed by atoms with Crippen LogP contribution in [0.4, 0.5) is 5.13 Å². The Balaban J connectivity index is 1.78. The molecule has 2 aromatic heterocycles. The lowest BCUT2D eigenvalue weighted by Gasteiger charge is -2.08. The molecule has 2 heterocycles. The van der Waals surface area contributed by atoms with Gasteiger partial charge in [0, 0.05) is 17.1 Å². The van der Waals surface area contributed by atoms with Crippen LogP contribution in [0.2, 0.25) is 0 Å². The van der Waals surface area contributed by atoms with Crippen LogP contribution in [0.25, 0.3) is 11.3 Å². The molecular weight excluding hydrogens is 382 g/mol. The number of amides is 1. The van der Waals surface area contributed by atoms with Crippen LogP contribution in [0.5, 0.6) is 11.5 Å². The number of carbonyl (C=O) groups is 2. The van der Waals surface area contributed by atoms with Crippen LogP contribution >= 0.6 is 11.3 Å². The summed E-state index contributed by atoms with van der Waals surface area (Å²) in [6.07, 6.45) is 1.29. The predicted molar refractivity (Wildman–Crippen MR) is 104 cm³/mol. The van der Waals surface area contributed by atoms with Crippen LogP contribution in [0, 0.1) is 0 Å². The van der Waals surface area contributed by atoms with Gasteiger partial charge in [-0.25, -0.2) is 9.78 Å². The molecule has 144 valence electrons. The number of hydrogen-bond donors (Lipinski definition) is 1. The first-order valence-corrected chi connectivity index (χ1v) is 8.97. The van der Waals surface area contributed by atoms with Gasteiger partial charge in [-0.05, 0) is 30.3 Å². The number of ether oxygens (including phenoxy) is 3. The molecule has 0 spiro atoms. The van der Waals surface area contributed by atoms with Gasteiger partial charge in [0.1, 0.15) is 17.2 Å². The van der Waals surface area contributed by atoms with E-state index < -0.39 is 11.9 Å². The molecular formula is C19H17N3O5S. The molecule has 0 atom stereocenters. The van der Waals surface area contributed by atoms with E-state index in [1.54, 1.807) is 31.7 Å². The number of methoxy groups -OCH3 is 3. The Kier molecular flexibility index (Phi) is 5.85. The van der Waals surface area contributed by atoms with Crippen molar-refractivity contribution in [1.29, 1.82) is 0 Å². The largest absolute Gasteiger partial charge is 0.497 e. The van der Waals surface area contributed by atoms with Gasteiger partial charge in [0.25, 0.3) is 5.91 Å². The lowest BCUT2D eigenvalue weighted by atomic mass is 10.1. The Hall–Kier alpha value is -3.46. The highest BCUT2D eigenvalue weighted by Crippen LogP contribution is 2.35. The second-order valence-electron chi connectivity index (χ2n) is 5.48. The van der Waals surface area contributed by atoms with Gasteiger partial charge in [-0.2, -0.15) is 0 Å². The smallest absolute Gasteiger partial charge is 0.339 e. The third-order valence-corrected chi connectivity index (χ3v) is 4.58. The molecule has 0 bridgehead atoms. The Labute approximate surface area is 165 Å². The van der Waals surface area contributed by atoms with Crippen molar-refractivity contribution >= 4 is 28.3 Å². The second kappa shape index (κ2) is 8.49. The van der Waals surface area contributed by atoms with Crippen molar-refractivity contribution in [3.63, 3.8) is 0 Å². The number of rotatable bonds is 6. The zero-order valence-electron chi connectivity index (χ0n) is 15.4. The normalized spacial score (nSPS) is 10.2. The third-order valence-electron chi connectivity index (χ3n) is 3.82. The number of hydrogen-bond acceptors (Lipinski definition) is 8.